The van der Waals surface area contributed by atoms with Crippen molar-refractivity contribution in [3.63, 3.8) is 0 Å². The minimum Gasteiger partial charge on any atom is -0.472 e. The number of furan rings is 1. The predicted molar refractivity (Wildman–Crippen MR) is 140 cm³/mol. The van der Waals surface area contributed by atoms with Crippen molar-refractivity contribution in [2.75, 3.05) is 17.8 Å². The van der Waals surface area contributed by atoms with Gasteiger partial charge in [0.25, 0.3) is 15.9 Å². The first-order chi connectivity index (χ1) is 19.3. The number of carbonyl (C=O) groups excluding carboxylic acids is 1. The molecule has 4 aromatic rings. The van der Waals surface area contributed by atoms with Gasteiger partial charge in [-0.3, -0.25) is 9.48 Å². The Hall–Kier alpha value is -4.40. The van der Waals surface area contributed by atoms with Gasteiger partial charge in [0.2, 0.25) is 17.6 Å². The second-order valence-electron chi connectivity index (χ2n) is 9.58. The van der Waals surface area contributed by atoms with Gasteiger partial charge in [0.15, 0.2) is 5.76 Å². The summed E-state index contributed by atoms with van der Waals surface area (Å²) >= 11 is 0. The lowest BCUT2D eigenvalue weighted by molar-refractivity contribution is -0.153. The number of nitrogens with one attached hydrogen (secondary N) is 1. The number of alkyl halides is 3. The number of benzene rings is 1. The number of sulfonamides is 1. The molecule has 5 rings (SSSR count). The number of rotatable bonds is 7. The van der Waals surface area contributed by atoms with Crippen LogP contribution in [0.15, 0.2) is 58.1 Å². The third-order valence-corrected chi connectivity index (χ3v) is 7.76. The Labute approximate surface area is 233 Å². The fourth-order valence-corrected chi connectivity index (χ4v) is 5.46. The summed E-state index contributed by atoms with van der Waals surface area (Å²) in [6.07, 6.45) is -2.39. The molecule has 0 radical (unpaired) electrons. The number of carbonyl (C=O) groups is 1. The summed E-state index contributed by atoms with van der Waals surface area (Å²) in [7, 11) is -2.49. The van der Waals surface area contributed by atoms with E-state index in [4.69, 9.17) is 9.15 Å². The molecule has 0 aliphatic carbocycles. The highest BCUT2D eigenvalue weighted by Gasteiger charge is 2.37. The summed E-state index contributed by atoms with van der Waals surface area (Å²) in [4.78, 5) is 22.7. The molecule has 4 heterocycles. The quantitative estimate of drug-likeness (QED) is 0.339. The molecule has 0 spiro atoms. The van der Waals surface area contributed by atoms with Gasteiger partial charge in [0.05, 0.1) is 18.4 Å². The Morgan fingerprint density at radius 1 is 1.15 bits per heavy atom. The van der Waals surface area contributed by atoms with E-state index in [2.05, 4.69) is 19.8 Å². The van der Waals surface area contributed by atoms with E-state index in [9.17, 15) is 26.4 Å². The number of hydrogen-bond acceptors (Lipinski definition) is 8. The Bertz CT molecular complexity index is 1700. The lowest BCUT2D eigenvalue weighted by atomic mass is 10.00. The van der Waals surface area contributed by atoms with E-state index in [-0.39, 0.29) is 29.8 Å². The highest BCUT2D eigenvalue weighted by Crippen LogP contribution is 2.32. The van der Waals surface area contributed by atoms with Crippen molar-refractivity contribution in [1.29, 1.82) is 0 Å². The van der Waals surface area contributed by atoms with E-state index in [0.717, 1.165) is 22.8 Å². The third kappa shape index (κ3) is 6.04. The maximum absolute atomic E-state index is 13.0. The van der Waals surface area contributed by atoms with Crippen molar-refractivity contribution in [2.24, 2.45) is 7.05 Å². The largest absolute Gasteiger partial charge is 0.472 e. The van der Waals surface area contributed by atoms with Crippen LogP contribution in [0.2, 0.25) is 0 Å². The highest BCUT2D eigenvalue weighted by atomic mass is 32.2. The van der Waals surface area contributed by atoms with Gasteiger partial charge >= 0.3 is 6.18 Å². The molecule has 0 bridgehead atoms. The van der Waals surface area contributed by atoms with Gasteiger partial charge in [-0.1, -0.05) is 18.2 Å². The maximum Gasteiger partial charge on any atom is 0.449 e. The normalized spacial score (nSPS) is 15.8. The van der Waals surface area contributed by atoms with Gasteiger partial charge in [0.1, 0.15) is 11.0 Å². The summed E-state index contributed by atoms with van der Waals surface area (Å²) in [5.74, 6) is -2.56. The van der Waals surface area contributed by atoms with Crippen LogP contribution in [0.25, 0.3) is 11.3 Å². The van der Waals surface area contributed by atoms with Crippen molar-refractivity contribution in [2.45, 2.75) is 37.4 Å². The molecule has 1 aliphatic heterocycles. The Morgan fingerprint density at radius 2 is 1.88 bits per heavy atom. The van der Waals surface area contributed by atoms with Crippen LogP contribution < -0.4 is 9.46 Å². The minimum absolute atomic E-state index is 0.0539. The Morgan fingerprint density at radius 3 is 2.51 bits per heavy atom. The molecule has 3 aromatic heterocycles. The molecular weight excluding hydrogens is 565 g/mol. The zero-order chi connectivity index (χ0) is 29.5. The molecule has 1 atom stereocenters. The topological polar surface area (TPSA) is 132 Å². The molecule has 41 heavy (non-hydrogen) atoms. The lowest BCUT2D eigenvalue weighted by Gasteiger charge is -2.17. The number of amides is 1. The van der Waals surface area contributed by atoms with Crippen LogP contribution in [0.1, 0.15) is 33.9 Å². The zero-order valence-electron chi connectivity index (χ0n) is 22.1. The first kappa shape index (κ1) is 28.1. The molecule has 0 saturated carbocycles. The Kier molecular flexibility index (Phi) is 7.23. The van der Waals surface area contributed by atoms with Crippen LogP contribution >= 0.6 is 0 Å². The minimum atomic E-state index is -4.70. The number of nitrogens with zero attached hydrogens (tertiary/aromatic N) is 5. The van der Waals surface area contributed by atoms with Gasteiger partial charge in [-0.25, -0.2) is 18.1 Å². The van der Waals surface area contributed by atoms with Crippen molar-refractivity contribution in [3.05, 3.63) is 71.4 Å². The number of anilines is 1. The van der Waals surface area contributed by atoms with Gasteiger partial charge in [-0.15, -0.1) is 0 Å². The average molecular weight is 591 g/mol. The van der Waals surface area contributed by atoms with E-state index in [0.29, 0.717) is 18.2 Å². The summed E-state index contributed by atoms with van der Waals surface area (Å²) in [5, 5.41) is 3.89. The first-order valence-corrected chi connectivity index (χ1v) is 13.9. The Balaban J connectivity index is 1.40. The number of aryl methyl sites for hydroxylation is 3. The van der Waals surface area contributed by atoms with Crippen LogP contribution in [0.4, 0.5) is 19.1 Å². The van der Waals surface area contributed by atoms with Crippen LogP contribution in [0.3, 0.4) is 0 Å². The first-order valence-electron chi connectivity index (χ1n) is 12.4. The van der Waals surface area contributed by atoms with Crippen LogP contribution in [-0.2, 0) is 23.2 Å². The number of hydrogen-bond donors (Lipinski definition) is 1. The van der Waals surface area contributed by atoms with Crippen LogP contribution in [0, 0.1) is 13.8 Å². The van der Waals surface area contributed by atoms with E-state index in [1.54, 1.807) is 13.1 Å². The molecule has 15 heteroatoms. The monoisotopic (exact) mass is 590 g/mol. The van der Waals surface area contributed by atoms with Gasteiger partial charge in [-0.2, -0.15) is 23.3 Å². The molecule has 11 nitrogen and oxygen atoms in total. The molecule has 1 aliphatic rings. The van der Waals surface area contributed by atoms with Crippen molar-refractivity contribution >= 4 is 21.9 Å². The highest BCUT2D eigenvalue weighted by molar-refractivity contribution is 7.92. The molecular formula is C26H25F3N6O5S. The number of likely N-dealkylation sites (tertiary alicyclic amines) is 1. The molecule has 1 N–H and O–H groups in total. The van der Waals surface area contributed by atoms with Crippen molar-refractivity contribution in [3.8, 4) is 17.1 Å². The molecule has 1 unspecified atom stereocenters. The second kappa shape index (κ2) is 10.5. The standard InChI is InChI=1S/C26H25F3N6O5S/c1-15-5-4-6-16(2)23(15)19-11-22(32-25(31-19)33-41(37,38)18-12-30-34(3)14-18)39-17-9-10-35(13-17)24(36)20-7-8-21(40-20)26(27,28)29/h4-8,11-12,14,17H,9-10,13H2,1-3H3,(H,31,32,33). The average Bonchev–Trinajstić information content (AvgIpc) is 3.64. The van der Waals surface area contributed by atoms with E-state index in [1.165, 1.54) is 22.0 Å². The zero-order valence-corrected chi connectivity index (χ0v) is 23.0. The van der Waals surface area contributed by atoms with Crippen molar-refractivity contribution in [1.82, 2.24) is 24.6 Å². The SMILES string of the molecule is Cc1cccc(C)c1-c1cc(OC2CCN(C(=O)c3ccc(C(F)(F)F)o3)C2)nc(NS(=O)(=O)c2cnn(C)c2)n1. The summed E-state index contributed by atoms with van der Waals surface area (Å²) in [5.41, 5.74) is 2.97. The van der Waals surface area contributed by atoms with E-state index in [1.807, 2.05) is 32.0 Å². The maximum atomic E-state index is 13.0. The van der Waals surface area contributed by atoms with Crippen LogP contribution in [-0.4, -0.2) is 58.2 Å². The summed E-state index contributed by atoms with van der Waals surface area (Å²) < 4.78 is 79.1. The van der Waals surface area contributed by atoms with Crippen LogP contribution in [0.5, 0.6) is 5.88 Å². The fourth-order valence-electron chi connectivity index (χ4n) is 4.53. The predicted octanol–water partition coefficient (Wildman–Crippen LogP) is 4.20. The van der Waals surface area contributed by atoms with Gasteiger partial charge in [0, 0.05) is 37.8 Å². The lowest BCUT2D eigenvalue weighted by Crippen LogP contribution is -2.30. The molecule has 1 saturated heterocycles. The van der Waals surface area contributed by atoms with Gasteiger partial charge < -0.3 is 14.1 Å². The van der Waals surface area contributed by atoms with E-state index < -0.39 is 39.7 Å². The molecule has 1 fully saturated rings. The van der Waals surface area contributed by atoms with E-state index >= 15 is 0 Å². The smallest absolute Gasteiger partial charge is 0.449 e. The number of halogens is 3. The summed E-state index contributed by atoms with van der Waals surface area (Å²) in [6.45, 7) is 4.05. The number of aromatic nitrogens is 4. The molecule has 1 aromatic carbocycles. The second-order valence-corrected chi connectivity index (χ2v) is 11.3. The molecule has 216 valence electrons. The van der Waals surface area contributed by atoms with Gasteiger partial charge in [-0.05, 0) is 37.1 Å². The molecule has 1 amide bonds. The fraction of sp³-hybridized carbons (Fsp3) is 0.308. The summed E-state index contributed by atoms with van der Waals surface area (Å²) in [6, 6.07) is 8.94. The number of ether oxygens (including phenoxy) is 1. The third-order valence-electron chi connectivity index (χ3n) is 6.47. The van der Waals surface area contributed by atoms with Crippen molar-refractivity contribution < 1.29 is 35.5 Å².